The van der Waals surface area contributed by atoms with Gasteiger partial charge in [0, 0.05) is 22.5 Å². The Labute approximate surface area is 253 Å². The van der Waals surface area contributed by atoms with Crippen molar-refractivity contribution in [2.75, 3.05) is 0 Å². The zero-order chi connectivity index (χ0) is 30.6. The highest BCUT2D eigenvalue weighted by atomic mass is 35.5. The van der Waals surface area contributed by atoms with Crippen LogP contribution in [0.25, 0.3) is 10.9 Å². The smallest absolute Gasteiger partial charge is 0.405 e. The molecule has 42 heavy (non-hydrogen) atoms. The maximum Gasteiger partial charge on any atom is 0.405 e. The largest absolute Gasteiger partial charge is 0.465 e. The first-order valence-electron chi connectivity index (χ1n) is 13.9. The second-order valence-electron chi connectivity index (χ2n) is 10.9. The molecule has 3 aromatic rings. The van der Waals surface area contributed by atoms with Crippen molar-refractivity contribution in [2.24, 2.45) is 11.7 Å². The molecule has 12 heteroatoms. The van der Waals surface area contributed by atoms with Gasteiger partial charge in [0.1, 0.15) is 17.6 Å². The van der Waals surface area contributed by atoms with Gasteiger partial charge in [-0.05, 0) is 54.9 Å². The first-order valence-corrected chi connectivity index (χ1v) is 14.6. The van der Waals surface area contributed by atoms with Crippen LogP contribution in [0.1, 0.15) is 49.9 Å². The van der Waals surface area contributed by atoms with Gasteiger partial charge in [-0.2, -0.15) is 0 Å². The molecule has 0 fully saturated rings. The highest BCUT2D eigenvalue weighted by Gasteiger charge is 2.46. The number of halogens is 2. The number of H-pyrrole nitrogens is 1. The van der Waals surface area contributed by atoms with E-state index in [4.69, 9.17) is 28.9 Å². The fourth-order valence-electron chi connectivity index (χ4n) is 5.51. The van der Waals surface area contributed by atoms with E-state index in [-0.39, 0.29) is 25.2 Å². The number of hydrogen-bond donors (Lipinski definition) is 6. The number of benzene rings is 2. The molecule has 10 nitrogen and oxygen atoms in total. The number of aryl methyl sites for hydroxylation is 2. The maximum absolute atomic E-state index is 14.1. The number of carboxylic acid groups (broad SMARTS) is 1. The molecule has 0 spiro atoms. The summed E-state index contributed by atoms with van der Waals surface area (Å²) in [6, 6.07) is 10.8. The minimum absolute atomic E-state index is 0.0566. The molecule has 0 unspecified atom stereocenters. The van der Waals surface area contributed by atoms with Gasteiger partial charge in [0.25, 0.3) is 0 Å². The van der Waals surface area contributed by atoms with Crippen molar-refractivity contribution in [3.8, 4) is 0 Å². The highest BCUT2D eigenvalue weighted by Crippen LogP contribution is 2.38. The predicted molar refractivity (Wildman–Crippen MR) is 162 cm³/mol. The number of hydrogen-bond acceptors (Lipinski definition) is 4. The number of nitrogens with two attached hydrogens (primary N) is 1. The summed E-state index contributed by atoms with van der Waals surface area (Å²) >= 11 is 12.8. The van der Waals surface area contributed by atoms with Crippen LogP contribution in [0, 0.1) is 5.92 Å². The van der Waals surface area contributed by atoms with Crippen molar-refractivity contribution in [1.82, 2.24) is 20.9 Å². The Bertz CT molecular complexity index is 1490. The van der Waals surface area contributed by atoms with E-state index in [0.717, 1.165) is 16.8 Å². The van der Waals surface area contributed by atoms with Crippen LogP contribution in [-0.4, -0.2) is 51.5 Å². The van der Waals surface area contributed by atoms with Crippen molar-refractivity contribution in [1.29, 1.82) is 0 Å². The number of aromatic nitrogens is 1. The van der Waals surface area contributed by atoms with E-state index in [1.54, 1.807) is 19.1 Å². The summed E-state index contributed by atoms with van der Waals surface area (Å²) in [7, 11) is 0. The van der Waals surface area contributed by atoms with Gasteiger partial charge in [-0.3, -0.25) is 14.4 Å². The Morgan fingerprint density at radius 1 is 1.12 bits per heavy atom. The number of aromatic amines is 1. The lowest BCUT2D eigenvalue weighted by molar-refractivity contribution is -0.137. The van der Waals surface area contributed by atoms with Gasteiger partial charge < -0.3 is 31.8 Å². The molecule has 1 aliphatic rings. The van der Waals surface area contributed by atoms with Crippen LogP contribution in [0.3, 0.4) is 0 Å². The lowest BCUT2D eigenvalue weighted by atomic mass is 9.78. The summed E-state index contributed by atoms with van der Waals surface area (Å²) in [6.45, 7) is 3.59. The average molecular weight is 617 g/mol. The van der Waals surface area contributed by atoms with Crippen molar-refractivity contribution < 1.29 is 24.3 Å². The van der Waals surface area contributed by atoms with E-state index in [9.17, 15) is 24.3 Å². The summed E-state index contributed by atoms with van der Waals surface area (Å²) in [5, 5.41) is 18.9. The molecule has 1 aromatic heterocycles. The minimum atomic E-state index is -1.51. The summed E-state index contributed by atoms with van der Waals surface area (Å²) < 4.78 is 0. The van der Waals surface area contributed by atoms with E-state index in [1.165, 1.54) is 0 Å². The Balaban J connectivity index is 1.70. The molecule has 7 N–H and O–H groups in total. The molecular weight excluding hydrogens is 581 g/mol. The van der Waals surface area contributed by atoms with E-state index < -0.39 is 41.4 Å². The molecule has 224 valence electrons. The molecule has 4 amide bonds. The topological polar surface area (TPSA) is 166 Å². The average Bonchev–Trinajstić information content (AvgIpc) is 3.31. The fraction of sp³-hybridized carbons (Fsp3) is 0.400. The van der Waals surface area contributed by atoms with Crippen molar-refractivity contribution >= 4 is 57.9 Å². The minimum Gasteiger partial charge on any atom is -0.465 e. The van der Waals surface area contributed by atoms with Gasteiger partial charge in [-0.1, -0.05) is 73.8 Å². The third-order valence-electron chi connectivity index (χ3n) is 8.09. The molecule has 0 aliphatic heterocycles. The summed E-state index contributed by atoms with van der Waals surface area (Å²) in [6.07, 6.45) is 0.531. The second-order valence-corrected chi connectivity index (χ2v) is 11.7. The third kappa shape index (κ3) is 6.82. The molecule has 0 bridgehead atoms. The van der Waals surface area contributed by atoms with Gasteiger partial charge in [-0.25, -0.2) is 4.79 Å². The number of carbonyl (C=O) groups excluding carboxylic acids is 3. The second kappa shape index (κ2) is 13.0. The van der Waals surface area contributed by atoms with Gasteiger partial charge in [-0.15, -0.1) is 0 Å². The number of amides is 4. The maximum atomic E-state index is 14.1. The van der Waals surface area contributed by atoms with Gasteiger partial charge >= 0.3 is 6.09 Å². The van der Waals surface area contributed by atoms with Crippen LogP contribution in [-0.2, 0) is 33.6 Å². The predicted octanol–water partition coefficient (Wildman–Crippen LogP) is 4.10. The lowest BCUT2D eigenvalue weighted by Gasteiger charge is -2.39. The highest BCUT2D eigenvalue weighted by molar-refractivity contribution is 6.38. The number of fused-ring (bicyclic) bond motifs is 3. The number of primary amides is 1. The summed E-state index contributed by atoms with van der Waals surface area (Å²) in [5.41, 5.74) is 7.43. The SMILES string of the molecule is CC[C@H](C)[C@H](NC(=O)O)C(=O)N[C@]1(C(=O)N[C@@H](CCc2ccccc2)C(N)=O)CCc2[nH]c3c(Cl)cc(Cl)cc3c2C1. The van der Waals surface area contributed by atoms with Crippen molar-refractivity contribution in [3.05, 3.63) is 69.3 Å². The van der Waals surface area contributed by atoms with E-state index >= 15 is 0 Å². The molecule has 4 rings (SSSR count). The van der Waals surface area contributed by atoms with E-state index in [1.807, 2.05) is 37.3 Å². The number of carbonyl (C=O) groups is 4. The summed E-state index contributed by atoms with van der Waals surface area (Å²) in [5.74, 6) is -2.27. The molecule has 0 radical (unpaired) electrons. The molecule has 1 aliphatic carbocycles. The molecule has 0 saturated carbocycles. The normalized spacial score (nSPS) is 18.4. The number of nitrogens with one attached hydrogen (secondary N) is 4. The zero-order valence-electron chi connectivity index (χ0n) is 23.4. The van der Waals surface area contributed by atoms with Crippen LogP contribution in [0.4, 0.5) is 4.79 Å². The molecule has 4 atom stereocenters. The molecular formula is C30H35Cl2N5O5. The van der Waals surface area contributed by atoms with Crippen LogP contribution in [0.15, 0.2) is 42.5 Å². The quantitative estimate of drug-likeness (QED) is 0.191. The third-order valence-corrected chi connectivity index (χ3v) is 8.60. The standard InChI is InChI=1S/C30H35Cl2N5O5/c1-3-16(2)24(36-29(41)42)27(39)37-30(28(40)35-23(26(33)38)10-9-17-7-5-4-6-8-17)12-11-22-20(15-30)19-13-18(31)14-21(32)25(19)34-22/h4-8,13-14,16,23-24,34,36H,3,9-12,15H2,1-2H3,(H2,33,38)(H,35,40)(H,37,39)(H,41,42)/t16-,23-,24-,30+/m0/s1. The Morgan fingerprint density at radius 2 is 1.83 bits per heavy atom. The zero-order valence-corrected chi connectivity index (χ0v) is 24.9. The van der Waals surface area contributed by atoms with Gasteiger partial charge in [0.2, 0.25) is 17.7 Å². The molecule has 1 heterocycles. The van der Waals surface area contributed by atoms with Crippen molar-refractivity contribution in [3.63, 3.8) is 0 Å². The van der Waals surface area contributed by atoms with Crippen LogP contribution < -0.4 is 21.7 Å². The van der Waals surface area contributed by atoms with Gasteiger partial charge in [0.15, 0.2) is 0 Å². The van der Waals surface area contributed by atoms with Crippen molar-refractivity contribution in [2.45, 2.75) is 70.0 Å². The lowest BCUT2D eigenvalue weighted by Crippen LogP contribution is -2.66. The first kappa shape index (κ1) is 31.2. The monoisotopic (exact) mass is 615 g/mol. The fourth-order valence-corrected chi connectivity index (χ4v) is 6.06. The Morgan fingerprint density at radius 3 is 2.48 bits per heavy atom. The summed E-state index contributed by atoms with van der Waals surface area (Å²) in [4.78, 5) is 55.1. The molecule has 2 aromatic carbocycles. The van der Waals surface area contributed by atoms with Crippen LogP contribution in [0.2, 0.25) is 10.0 Å². The first-order chi connectivity index (χ1) is 19.9. The van der Waals surface area contributed by atoms with Gasteiger partial charge in [0.05, 0.1) is 10.5 Å². The van der Waals surface area contributed by atoms with E-state index in [2.05, 4.69) is 20.9 Å². The Kier molecular flexibility index (Phi) is 9.68. The molecule has 0 saturated heterocycles. The van der Waals surface area contributed by atoms with Crippen LogP contribution in [0.5, 0.6) is 0 Å². The number of rotatable bonds is 11. The van der Waals surface area contributed by atoms with Crippen LogP contribution >= 0.6 is 23.2 Å². The van der Waals surface area contributed by atoms with E-state index in [0.29, 0.717) is 40.2 Å². The Hall–Kier alpha value is -3.76.